The molecule has 0 bridgehead atoms. The molecule has 0 fully saturated rings. The summed E-state index contributed by atoms with van der Waals surface area (Å²) in [6, 6.07) is 10.9. The molecule has 2 N–H and O–H groups in total. The largest absolute Gasteiger partial charge is 0.490 e. The summed E-state index contributed by atoms with van der Waals surface area (Å²) in [4.78, 5) is 35.4. The maximum atomic E-state index is 11.7. The average molecular weight is 376 g/mol. The van der Waals surface area contributed by atoms with E-state index in [2.05, 4.69) is 10.6 Å². The highest BCUT2D eigenvalue weighted by atomic mass is 32.1. The molecule has 1 aromatic heterocycles. The maximum absolute atomic E-state index is 11.7. The Hall–Kier alpha value is -2.87. The van der Waals surface area contributed by atoms with Gasteiger partial charge in [-0.2, -0.15) is 0 Å². The van der Waals surface area contributed by atoms with E-state index in [1.54, 1.807) is 17.5 Å². The normalized spacial score (nSPS) is 10.0. The van der Waals surface area contributed by atoms with E-state index in [1.165, 1.54) is 11.3 Å². The minimum atomic E-state index is -0.574. The van der Waals surface area contributed by atoms with Crippen LogP contribution in [0.3, 0.4) is 0 Å². The summed E-state index contributed by atoms with van der Waals surface area (Å²) in [5, 5.41) is 6.62. The van der Waals surface area contributed by atoms with Gasteiger partial charge in [-0.1, -0.05) is 23.8 Å². The molecule has 138 valence electrons. The van der Waals surface area contributed by atoms with Gasteiger partial charge < -0.3 is 20.1 Å². The molecule has 2 amide bonds. The third-order valence-corrected chi connectivity index (χ3v) is 4.09. The maximum Gasteiger partial charge on any atom is 0.325 e. The molecule has 0 aliphatic rings. The van der Waals surface area contributed by atoms with Gasteiger partial charge in [0.25, 0.3) is 5.91 Å². The van der Waals surface area contributed by atoms with Crippen molar-refractivity contribution in [1.82, 2.24) is 10.6 Å². The lowest BCUT2D eigenvalue weighted by Crippen LogP contribution is -2.39. The fourth-order valence-corrected chi connectivity index (χ4v) is 2.53. The van der Waals surface area contributed by atoms with E-state index in [1.807, 2.05) is 31.2 Å². The standard InChI is InChI=1S/C18H20N2O5S/c1-13-4-6-14(7-5-13)24-8-9-25-17(22)12-19-16(21)11-20-18(23)15-3-2-10-26-15/h2-7,10H,8-9,11-12H2,1H3,(H,19,21)(H,20,23). The Balaban J connectivity index is 1.54. The van der Waals surface area contributed by atoms with Crippen LogP contribution in [0.5, 0.6) is 5.75 Å². The van der Waals surface area contributed by atoms with Crippen LogP contribution < -0.4 is 15.4 Å². The van der Waals surface area contributed by atoms with Gasteiger partial charge >= 0.3 is 5.97 Å². The lowest BCUT2D eigenvalue weighted by Gasteiger charge is -2.08. The number of benzene rings is 1. The van der Waals surface area contributed by atoms with Crippen molar-refractivity contribution in [3.63, 3.8) is 0 Å². The molecule has 0 radical (unpaired) electrons. The number of nitrogens with one attached hydrogen (secondary N) is 2. The first kappa shape index (κ1) is 19.5. The minimum absolute atomic E-state index is 0.0810. The molecule has 7 nitrogen and oxygen atoms in total. The van der Waals surface area contributed by atoms with Crippen molar-refractivity contribution in [3.8, 4) is 5.75 Å². The highest BCUT2D eigenvalue weighted by Crippen LogP contribution is 2.11. The van der Waals surface area contributed by atoms with Gasteiger partial charge in [-0.25, -0.2) is 0 Å². The highest BCUT2D eigenvalue weighted by molar-refractivity contribution is 7.12. The molecule has 1 heterocycles. The van der Waals surface area contributed by atoms with E-state index in [4.69, 9.17) is 9.47 Å². The summed E-state index contributed by atoms with van der Waals surface area (Å²) < 4.78 is 10.4. The SMILES string of the molecule is Cc1ccc(OCCOC(=O)CNC(=O)CNC(=O)c2cccs2)cc1. The van der Waals surface area contributed by atoms with Crippen molar-refractivity contribution >= 4 is 29.1 Å². The minimum Gasteiger partial charge on any atom is -0.490 e. The number of carbonyl (C=O) groups is 3. The summed E-state index contributed by atoms with van der Waals surface area (Å²) in [6.45, 7) is 1.81. The molecule has 0 spiro atoms. The van der Waals surface area contributed by atoms with Crippen molar-refractivity contribution in [1.29, 1.82) is 0 Å². The zero-order valence-corrected chi connectivity index (χ0v) is 15.1. The molecular formula is C18H20N2O5S. The lowest BCUT2D eigenvalue weighted by molar-refractivity contribution is -0.144. The molecule has 0 aliphatic carbocycles. The van der Waals surface area contributed by atoms with Crippen LogP contribution >= 0.6 is 11.3 Å². The average Bonchev–Trinajstić information content (AvgIpc) is 3.18. The Morgan fingerprint density at radius 1 is 1.00 bits per heavy atom. The van der Waals surface area contributed by atoms with Crippen LogP contribution in [0.25, 0.3) is 0 Å². The molecule has 0 saturated heterocycles. The van der Waals surface area contributed by atoms with E-state index >= 15 is 0 Å². The number of amides is 2. The van der Waals surface area contributed by atoms with Gasteiger partial charge in [0, 0.05) is 0 Å². The smallest absolute Gasteiger partial charge is 0.325 e. The fourth-order valence-electron chi connectivity index (χ4n) is 1.89. The number of rotatable bonds is 9. The Morgan fingerprint density at radius 3 is 2.46 bits per heavy atom. The topological polar surface area (TPSA) is 93.7 Å². The van der Waals surface area contributed by atoms with E-state index in [9.17, 15) is 14.4 Å². The number of esters is 1. The van der Waals surface area contributed by atoms with Crippen LogP contribution in [-0.4, -0.2) is 44.1 Å². The van der Waals surface area contributed by atoms with Gasteiger partial charge in [0.05, 0.1) is 11.4 Å². The quantitative estimate of drug-likeness (QED) is 0.511. The van der Waals surface area contributed by atoms with E-state index in [0.717, 1.165) is 5.56 Å². The van der Waals surface area contributed by atoms with Crippen molar-refractivity contribution in [3.05, 3.63) is 52.2 Å². The molecule has 0 atom stereocenters. The molecule has 26 heavy (non-hydrogen) atoms. The lowest BCUT2D eigenvalue weighted by atomic mass is 10.2. The summed E-state index contributed by atoms with van der Waals surface area (Å²) in [5.74, 6) is -0.675. The number of hydrogen-bond acceptors (Lipinski definition) is 6. The van der Waals surface area contributed by atoms with Crippen molar-refractivity contribution in [2.75, 3.05) is 26.3 Å². The first-order valence-corrected chi connectivity index (χ1v) is 8.86. The zero-order chi connectivity index (χ0) is 18.8. The van der Waals surface area contributed by atoms with Crippen LogP contribution in [0.4, 0.5) is 0 Å². The first-order valence-electron chi connectivity index (χ1n) is 7.98. The molecule has 0 aliphatic heterocycles. The van der Waals surface area contributed by atoms with Crippen LogP contribution in [0.15, 0.2) is 41.8 Å². The van der Waals surface area contributed by atoms with E-state index < -0.39 is 11.9 Å². The number of thiophene rings is 1. The number of aryl methyl sites for hydroxylation is 1. The molecular weight excluding hydrogens is 356 g/mol. The van der Waals surface area contributed by atoms with Gasteiger partial charge in [-0.05, 0) is 30.5 Å². The Morgan fingerprint density at radius 2 is 1.77 bits per heavy atom. The zero-order valence-electron chi connectivity index (χ0n) is 14.3. The predicted molar refractivity (Wildman–Crippen MR) is 97.3 cm³/mol. The van der Waals surface area contributed by atoms with Gasteiger partial charge in [0.15, 0.2) is 0 Å². The summed E-state index contributed by atoms with van der Waals surface area (Å²) >= 11 is 1.28. The fraction of sp³-hybridized carbons (Fsp3) is 0.278. The van der Waals surface area contributed by atoms with Crippen LogP contribution in [-0.2, 0) is 14.3 Å². The second-order valence-corrected chi connectivity index (χ2v) is 6.27. The van der Waals surface area contributed by atoms with Crippen LogP contribution in [0.2, 0.25) is 0 Å². The van der Waals surface area contributed by atoms with Crippen LogP contribution in [0, 0.1) is 6.92 Å². The predicted octanol–water partition coefficient (Wildman–Crippen LogP) is 1.52. The summed E-state index contributed by atoms with van der Waals surface area (Å²) in [7, 11) is 0. The van der Waals surface area contributed by atoms with E-state index in [-0.39, 0.29) is 32.2 Å². The second-order valence-electron chi connectivity index (χ2n) is 5.32. The number of hydrogen-bond donors (Lipinski definition) is 2. The molecule has 0 unspecified atom stereocenters. The number of ether oxygens (including phenoxy) is 2. The Bertz CT molecular complexity index is 729. The second kappa shape index (κ2) is 10.2. The first-order chi connectivity index (χ1) is 12.5. The Kier molecular flexibility index (Phi) is 7.63. The molecule has 2 rings (SSSR count). The summed E-state index contributed by atoms with van der Waals surface area (Å²) in [5.41, 5.74) is 1.13. The highest BCUT2D eigenvalue weighted by Gasteiger charge is 2.10. The molecule has 0 saturated carbocycles. The van der Waals surface area contributed by atoms with Gasteiger partial charge in [0.1, 0.15) is 25.5 Å². The number of carbonyl (C=O) groups excluding carboxylic acids is 3. The third kappa shape index (κ3) is 6.94. The van der Waals surface area contributed by atoms with Gasteiger partial charge in [-0.15, -0.1) is 11.3 Å². The van der Waals surface area contributed by atoms with Crippen molar-refractivity contribution in [2.24, 2.45) is 0 Å². The monoisotopic (exact) mass is 376 g/mol. The third-order valence-electron chi connectivity index (χ3n) is 3.22. The van der Waals surface area contributed by atoms with Crippen molar-refractivity contribution < 1.29 is 23.9 Å². The molecule has 2 aromatic rings. The van der Waals surface area contributed by atoms with Gasteiger partial charge in [0.2, 0.25) is 5.91 Å². The van der Waals surface area contributed by atoms with Crippen molar-refractivity contribution in [2.45, 2.75) is 6.92 Å². The van der Waals surface area contributed by atoms with Gasteiger partial charge in [-0.3, -0.25) is 14.4 Å². The molecule has 8 heteroatoms. The van der Waals surface area contributed by atoms with Crippen LogP contribution in [0.1, 0.15) is 15.2 Å². The Labute approximate surface area is 155 Å². The molecule has 1 aromatic carbocycles. The van der Waals surface area contributed by atoms with E-state index in [0.29, 0.717) is 10.6 Å². The summed E-state index contributed by atoms with van der Waals surface area (Å²) in [6.07, 6.45) is 0.